The van der Waals surface area contributed by atoms with Crippen LogP contribution in [0.1, 0.15) is 1.43 Å². The predicted molar refractivity (Wildman–Crippen MR) is 77.4 cm³/mol. The van der Waals surface area contributed by atoms with Crippen LogP contribution in [0.25, 0.3) is 0 Å². The third-order valence-corrected chi connectivity index (χ3v) is 3.59. The van der Waals surface area contributed by atoms with E-state index >= 15 is 0 Å². The average molecular weight is 336 g/mol. The molecule has 0 aliphatic carbocycles. The van der Waals surface area contributed by atoms with E-state index in [0.717, 1.165) is 0 Å². The molecular formula is C12H11ClN3NaO3S. The van der Waals surface area contributed by atoms with Crippen LogP contribution in [-0.4, -0.2) is 13.0 Å². The van der Waals surface area contributed by atoms with Crippen LogP contribution in [0, 0.1) is 0 Å². The predicted octanol–water partition coefficient (Wildman–Crippen LogP) is 0.701. The molecule has 6 nitrogen and oxygen atoms in total. The Morgan fingerprint density at radius 1 is 1.05 bits per heavy atom. The van der Waals surface area contributed by atoms with Crippen LogP contribution in [-0.2, 0) is 10.1 Å². The fraction of sp³-hybridized carbons (Fsp3) is 0. The number of halogens is 1. The van der Waals surface area contributed by atoms with Gasteiger partial charge in [-0.1, -0.05) is 11.6 Å². The largest absolute Gasteiger partial charge is 1.00 e. The van der Waals surface area contributed by atoms with E-state index in [4.69, 9.17) is 21.9 Å². The van der Waals surface area contributed by atoms with Crippen molar-refractivity contribution in [2.24, 2.45) is 10.2 Å². The van der Waals surface area contributed by atoms with Crippen molar-refractivity contribution in [3.05, 3.63) is 47.5 Å². The van der Waals surface area contributed by atoms with E-state index in [-0.39, 0.29) is 35.9 Å². The van der Waals surface area contributed by atoms with Crippen LogP contribution in [0.5, 0.6) is 0 Å². The van der Waals surface area contributed by atoms with Crippen LogP contribution in [0.15, 0.2) is 57.6 Å². The normalized spacial score (nSPS) is 11.3. The van der Waals surface area contributed by atoms with Crippen molar-refractivity contribution >= 4 is 38.8 Å². The summed E-state index contributed by atoms with van der Waals surface area (Å²) in [6.07, 6.45) is 0. The molecule has 0 atom stereocenters. The first-order chi connectivity index (χ1) is 9.36. The van der Waals surface area contributed by atoms with Crippen molar-refractivity contribution in [2.75, 3.05) is 5.73 Å². The molecule has 0 fully saturated rings. The Kier molecular flexibility index (Phi) is 6.33. The first-order valence-corrected chi connectivity index (χ1v) is 7.22. The number of anilines is 1. The van der Waals surface area contributed by atoms with E-state index in [1.165, 1.54) is 24.3 Å². The molecule has 0 amide bonds. The van der Waals surface area contributed by atoms with Gasteiger partial charge in [-0.3, -0.25) is 4.55 Å². The number of azo groups is 1. The summed E-state index contributed by atoms with van der Waals surface area (Å²) >= 11 is 5.85. The van der Waals surface area contributed by atoms with Gasteiger partial charge >= 0.3 is 29.6 Å². The molecule has 3 N–H and O–H groups in total. The number of hydrogen-bond acceptors (Lipinski definition) is 5. The summed E-state index contributed by atoms with van der Waals surface area (Å²) in [5, 5.41) is 8.24. The first kappa shape index (κ1) is 18.1. The zero-order valence-corrected chi connectivity index (χ0v) is 14.6. The summed E-state index contributed by atoms with van der Waals surface area (Å²) in [5.74, 6) is 0. The van der Waals surface area contributed by atoms with E-state index < -0.39 is 10.1 Å². The fourth-order valence-electron chi connectivity index (χ4n) is 1.38. The maximum Gasteiger partial charge on any atom is 1.00 e. The van der Waals surface area contributed by atoms with Crippen molar-refractivity contribution < 1.29 is 44.0 Å². The molecule has 2 aromatic carbocycles. The Bertz CT molecular complexity index is 770. The van der Waals surface area contributed by atoms with Gasteiger partial charge in [-0.2, -0.15) is 18.6 Å². The molecule has 0 saturated heterocycles. The summed E-state index contributed by atoms with van der Waals surface area (Å²) in [6.45, 7) is 0. The molecule has 21 heavy (non-hydrogen) atoms. The minimum atomic E-state index is -4.20. The summed E-state index contributed by atoms with van der Waals surface area (Å²) in [7, 11) is -4.20. The van der Waals surface area contributed by atoms with Gasteiger partial charge in [0.05, 0.1) is 27.0 Å². The average Bonchev–Trinajstić information content (AvgIpc) is 2.40. The van der Waals surface area contributed by atoms with Crippen LogP contribution in [0.3, 0.4) is 0 Å². The van der Waals surface area contributed by atoms with E-state index in [1.54, 1.807) is 18.2 Å². The standard InChI is InChI=1S/C12H10ClN3O3S.Na.H/c13-11-7-9(3-6-12(11)14)16-15-8-1-4-10(5-2-8)20(17,18)19;;/h1-7H,14H2,(H,17,18,19);;/q;+1;-1. The summed E-state index contributed by atoms with van der Waals surface area (Å²) in [4.78, 5) is -0.202. The van der Waals surface area contributed by atoms with Crippen molar-refractivity contribution in [3.8, 4) is 0 Å². The van der Waals surface area contributed by atoms with Crippen LogP contribution < -0.4 is 35.3 Å². The number of hydrogen-bond donors (Lipinski definition) is 2. The topological polar surface area (TPSA) is 105 Å². The molecule has 0 spiro atoms. The molecule has 0 aliphatic rings. The summed E-state index contributed by atoms with van der Waals surface area (Å²) in [6, 6.07) is 10.1. The molecule has 0 bridgehead atoms. The maximum absolute atomic E-state index is 10.9. The Hall–Kier alpha value is -0.960. The molecule has 2 aromatic rings. The first-order valence-electron chi connectivity index (χ1n) is 5.40. The third-order valence-electron chi connectivity index (χ3n) is 2.40. The van der Waals surface area contributed by atoms with Crippen molar-refractivity contribution in [2.45, 2.75) is 4.90 Å². The van der Waals surface area contributed by atoms with Crippen molar-refractivity contribution in [1.82, 2.24) is 0 Å². The van der Waals surface area contributed by atoms with Gasteiger partial charge in [0.25, 0.3) is 10.1 Å². The Morgan fingerprint density at radius 2 is 1.57 bits per heavy atom. The Labute approximate surface area is 150 Å². The third kappa shape index (κ3) is 5.06. The van der Waals surface area contributed by atoms with Gasteiger partial charge in [0, 0.05) is 0 Å². The van der Waals surface area contributed by atoms with E-state index in [1.807, 2.05) is 0 Å². The number of benzene rings is 2. The zero-order valence-electron chi connectivity index (χ0n) is 12.1. The molecule has 0 unspecified atom stereocenters. The van der Waals surface area contributed by atoms with Gasteiger partial charge in [0.1, 0.15) is 0 Å². The Balaban J connectivity index is 0.00000220. The van der Waals surface area contributed by atoms with Gasteiger partial charge in [0.2, 0.25) is 0 Å². The number of nitrogens with two attached hydrogens (primary N) is 1. The molecule has 2 rings (SSSR count). The molecule has 0 radical (unpaired) electrons. The molecule has 106 valence electrons. The van der Waals surface area contributed by atoms with E-state index in [0.29, 0.717) is 22.1 Å². The smallest absolute Gasteiger partial charge is 1.00 e. The quantitative estimate of drug-likeness (QED) is 0.373. The Morgan fingerprint density at radius 3 is 2.10 bits per heavy atom. The maximum atomic E-state index is 10.9. The summed E-state index contributed by atoms with van der Waals surface area (Å²) < 4.78 is 30.6. The van der Waals surface area contributed by atoms with Crippen LogP contribution in [0.2, 0.25) is 5.02 Å². The number of rotatable bonds is 3. The second-order valence-electron chi connectivity index (χ2n) is 3.87. The second-order valence-corrected chi connectivity index (χ2v) is 5.70. The SMILES string of the molecule is Nc1ccc(N=Nc2ccc(S(=O)(=O)O)cc2)cc1Cl.[H-].[Na+]. The van der Waals surface area contributed by atoms with E-state index in [2.05, 4.69) is 10.2 Å². The van der Waals surface area contributed by atoms with Crippen molar-refractivity contribution in [1.29, 1.82) is 0 Å². The fourth-order valence-corrected chi connectivity index (χ4v) is 2.03. The van der Waals surface area contributed by atoms with Crippen molar-refractivity contribution in [3.63, 3.8) is 0 Å². The van der Waals surface area contributed by atoms with Gasteiger partial charge in [0.15, 0.2) is 0 Å². The minimum Gasteiger partial charge on any atom is -1.00 e. The van der Waals surface area contributed by atoms with Gasteiger partial charge < -0.3 is 7.16 Å². The second kappa shape index (κ2) is 7.35. The molecule has 9 heteroatoms. The molecule has 0 heterocycles. The van der Waals surface area contributed by atoms with Crippen LogP contribution in [0.4, 0.5) is 17.1 Å². The van der Waals surface area contributed by atoms with Gasteiger partial charge in [-0.25, -0.2) is 0 Å². The molecule has 0 saturated carbocycles. The van der Waals surface area contributed by atoms with Gasteiger partial charge in [-0.15, -0.1) is 0 Å². The molecule has 0 aliphatic heterocycles. The van der Waals surface area contributed by atoms with Crippen LogP contribution >= 0.6 is 11.6 Å². The number of nitrogen functional groups attached to an aromatic ring is 1. The number of nitrogens with zero attached hydrogens (tertiary/aromatic N) is 2. The molecule has 0 aromatic heterocycles. The van der Waals surface area contributed by atoms with E-state index in [9.17, 15) is 8.42 Å². The minimum absolute atomic E-state index is 0. The zero-order chi connectivity index (χ0) is 14.8. The van der Waals surface area contributed by atoms with Gasteiger partial charge in [-0.05, 0) is 42.5 Å². The molecular weight excluding hydrogens is 325 g/mol. The monoisotopic (exact) mass is 335 g/mol. The summed E-state index contributed by atoms with van der Waals surface area (Å²) in [5.41, 5.74) is 6.97.